The van der Waals surface area contributed by atoms with Gasteiger partial charge >= 0.3 is 0 Å². The molecule has 1 aromatic carbocycles. The van der Waals surface area contributed by atoms with Gasteiger partial charge < -0.3 is 9.15 Å². The number of benzene rings is 1. The molecule has 1 aliphatic heterocycles. The van der Waals surface area contributed by atoms with Gasteiger partial charge in [0.05, 0.1) is 11.7 Å². The highest BCUT2D eigenvalue weighted by Crippen LogP contribution is 2.35. The second kappa shape index (κ2) is 6.20. The molecule has 2 heterocycles. The second-order valence-corrected chi connectivity index (χ2v) is 8.24. The van der Waals surface area contributed by atoms with Gasteiger partial charge in [-0.2, -0.15) is 0 Å². The van der Waals surface area contributed by atoms with Gasteiger partial charge in [0, 0.05) is 20.2 Å². The van der Waals surface area contributed by atoms with E-state index in [1.165, 1.54) is 27.1 Å². The van der Waals surface area contributed by atoms with Gasteiger partial charge in [0.15, 0.2) is 5.76 Å². The smallest absolute Gasteiger partial charge is 0.294 e. The Labute approximate surface area is 146 Å². The Hall–Kier alpha value is -2.32. The summed E-state index contributed by atoms with van der Waals surface area (Å²) in [6, 6.07) is 8.30. The third-order valence-electron chi connectivity index (χ3n) is 4.11. The molecule has 7 nitrogen and oxygen atoms in total. The number of fused-ring (bicyclic) bond motifs is 1. The van der Waals surface area contributed by atoms with Crippen molar-refractivity contribution >= 4 is 21.6 Å². The van der Waals surface area contributed by atoms with Gasteiger partial charge in [0.25, 0.3) is 5.91 Å². The molecular formula is C17H20N2O5S. The molecule has 3 rings (SSSR count). The highest BCUT2D eigenvalue weighted by molar-refractivity contribution is 7.89. The number of hydrogen-bond donors (Lipinski definition) is 0. The largest absolute Gasteiger partial charge is 0.489 e. The maximum absolute atomic E-state index is 13.0. The Morgan fingerprint density at radius 1 is 1.28 bits per heavy atom. The maximum Gasteiger partial charge on any atom is 0.294 e. The number of hydrogen-bond acceptors (Lipinski definition) is 5. The molecule has 25 heavy (non-hydrogen) atoms. The van der Waals surface area contributed by atoms with Crippen LogP contribution in [0.25, 0.3) is 0 Å². The summed E-state index contributed by atoms with van der Waals surface area (Å²) in [5.41, 5.74) is 0.636. The number of carbonyl (C=O) groups is 1. The maximum atomic E-state index is 13.0. The zero-order valence-corrected chi connectivity index (χ0v) is 15.3. The van der Waals surface area contributed by atoms with Crippen molar-refractivity contribution in [2.45, 2.75) is 24.8 Å². The number of furan rings is 1. The van der Waals surface area contributed by atoms with Crippen LogP contribution >= 0.6 is 0 Å². The average Bonchev–Trinajstić information content (AvgIpc) is 2.96. The Morgan fingerprint density at radius 2 is 1.96 bits per heavy atom. The monoisotopic (exact) mass is 364 g/mol. The van der Waals surface area contributed by atoms with Crippen molar-refractivity contribution in [1.82, 2.24) is 4.31 Å². The summed E-state index contributed by atoms with van der Waals surface area (Å²) in [5.74, 6) is 0.387. The molecule has 0 radical (unpaired) electrons. The van der Waals surface area contributed by atoms with E-state index >= 15 is 0 Å². The van der Waals surface area contributed by atoms with Crippen molar-refractivity contribution in [3.8, 4) is 5.75 Å². The lowest BCUT2D eigenvalue weighted by atomic mass is 10.1. The fraction of sp³-hybridized carbons (Fsp3) is 0.353. The summed E-state index contributed by atoms with van der Waals surface area (Å²) in [6.45, 7) is 3.75. The van der Waals surface area contributed by atoms with Crippen molar-refractivity contribution in [1.29, 1.82) is 0 Å². The molecule has 0 saturated heterocycles. The van der Waals surface area contributed by atoms with Crippen LogP contribution < -0.4 is 9.64 Å². The predicted octanol–water partition coefficient (Wildman–Crippen LogP) is 2.27. The van der Waals surface area contributed by atoms with Crippen LogP contribution in [0.15, 0.2) is 39.6 Å². The van der Waals surface area contributed by atoms with E-state index in [0.717, 1.165) is 4.31 Å². The van der Waals surface area contributed by atoms with Crippen LogP contribution in [-0.4, -0.2) is 45.4 Å². The van der Waals surface area contributed by atoms with Crippen molar-refractivity contribution in [2.75, 3.05) is 25.6 Å². The van der Waals surface area contributed by atoms with E-state index in [1.807, 2.05) is 19.1 Å². The highest BCUT2D eigenvalue weighted by atomic mass is 32.2. The normalized spacial score (nSPS) is 17.3. The molecule has 134 valence electrons. The van der Waals surface area contributed by atoms with E-state index in [4.69, 9.17) is 9.15 Å². The van der Waals surface area contributed by atoms with Gasteiger partial charge in [0.1, 0.15) is 23.0 Å². The molecule has 0 bridgehead atoms. The number of sulfonamides is 1. The van der Waals surface area contributed by atoms with E-state index < -0.39 is 15.9 Å². The van der Waals surface area contributed by atoms with Crippen molar-refractivity contribution in [3.05, 3.63) is 41.9 Å². The topological polar surface area (TPSA) is 80.1 Å². The average molecular weight is 364 g/mol. The van der Waals surface area contributed by atoms with Crippen molar-refractivity contribution in [2.24, 2.45) is 0 Å². The number of amides is 1. The predicted molar refractivity (Wildman–Crippen MR) is 92.5 cm³/mol. The summed E-state index contributed by atoms with van der Waals surface area (Å²) in [6.07, 6.45) is 0. The third kappa shape index (κ3) is 2.91. The molecule has 0 aliphatic carbocycles. The van der Waals surface area contributed by atoms with Gasteiger partial charge in [0.2, 0.25) is 10.0 Å². The minimum absolute atomic E-state index is 0.00459. The first-order chi connectivity index (χ1) is 11.7. The third-order valence-corrected chi connectivity index (χ3v) is 6.03. The van der Waals surface area contributed by atoms with Crippen LogP contribution in [0.5, 0.6) is 5.75 Å². The standard InChI is InChI=1S/C17H20N2O5S/c1-11-10-23-14-8-6-5-7-13(14)19(11)17(20)15-9-16(12(2)24-15)25(21,22)18(3)4/h5-9,11H,10H2,1-4H3/t11-/m1/s1. The SMILES string of the molecule is Cc1oc(C(=O)N2c3ccccc3OC[C@H]2C)cc1S(=O)(=O)N(C)C. The Balaban J connectivity index is 2.03. The van der Waals surface area contributed by atoms with Gasteiger partial charge in [-0.1, -0.05) is 12.1 Å². The van der Waals surface area contributed by atoms with Crippen LogP contribution in [0.1, 0.15) is 23.2 Å². The number of aryl methyl sites for hydroxylation is 1. The second-order valence-electron chi connectivity index (χ2n) is 6.12. The minimum Gasteiger partial charge on any atom is -0.489 e. The number of carbonyl (C=O) groups excluding carboxylic acids is 1. The highest BCUT2D eigenvalue weighted by Gasteiger charge is 2.33. The Bertz CT molecular complexity index is 917. The molecular weight excluding hydrogens is 344 g/mol. The van der Waals surface area contributed by atoms with Crippen LogP contribution in [0.2, 0.25) is 0 Å². The van der Waals surface area contributed by atoms with Crippen LogP contribution in [-0.2, 0) is 10.0 Å². The van der Waals surface area contributed by atoms with Gasteiger partial charge in [-0.05, 0) is 26.0 Å². The Morgan fingerprint density at radius 3 is 2.64 bits per heavy atom. The summed E-state index contributed by atoms with van der Waals surface area (Å²) in [5, 5.41) is 0. The Kier molecular flexibility index (Phi) is 4.34. The molecule has 1 aliphatic rings. The van der Waals surface area contributed by atoms with E-state index in [-0.39, 0.29) is 22.5 Å². The number of rotatable bonds is 3. The summed E-state index contributed by atoms with van der Waals surface area (Å²) >= 11 is 0. The fourth-order valence-corrected chi connectivity index (χ4v) is 3.81. The zero-order valence-electron chi connectivity index (χ0n) is 14.5. The minimum atomic E-state index is -3.68. The first kappa shape index (κ1) is 17.5. The number of para-hydroxylation sites is 2. The first-order valence-electron chi connectivity index (χ1n) is 7.82. The van der Waals surface area contributed by atoms with Crippen molar-refractivity contribution < 1.29 is 22.4 Å². The lowest BCUT2D eigenvalue weighted by Crippen LogP contribution is -2.45. The van der Waals surface area contributed by atoms with Crippen LogP contribution in [0.3, 0.4) is 0 Å². The number of ether oxygens (including phenoxy) is 1. The summed E-state index contributed by atoms with van der Waals surface area (Å²) in [4.78, 5) is 14.6. The fourth-order valence-electron chi connectivity index (χ4n) is 2.75. The molecule has 0 unspecified atom stereocenters. The van der Waals surface area contributed by atoms with E-state index in [0.29, 0.717) is 18.0 Å². The van der Waals surface area contributed by atoms with E-state index in [9.17, 15) is 13.2 Å². The molecule has 2 aromatic rings. The number of anilines is 1. The lowest BCUT2D eigenvalue weighted by Gasteiger charge is -2.34. The van der Waals surface area contributed by atoms with Gasteiger partial charge in [-0.15, -0.1) is 0 Å². The van der Waals surface area contributed by atoms with Gasteiger partial charge in [-0.3, -0.25) is 9.69 Å². The number of nitrogens with zero attached hydrogens (tertiary/aromatic N) is 2. The molecule has 0 saturated carbocycles. The zero-order chi connectivity index (χ0) is 18.4. The van der Waals surface area contributed by atoms with Gasteiger partial charge in [-0.25, -0.2) is 12.7 Å². The molecule has 8 heteroatoms. The molecule has 1 amide bonds. The molecule has 0 fully saturated rings. The summed E-state index contributed by atoms with van der Waals surface area (Å²) in [7, 11) is -0.813. The molecule has 0 N–H and O–H groups in total. The molecule has 1 atom stereocenters. The van der Waals surface area contributed by atoms with E-state index in [2.05, 4.69) is 0 Å². The molecule has 0 spiro atoms. The van der Waals surface area contributed by atoms with Crippen LogP contribution in [0, 0.1) is 6.92 Å². The first-order valence-corrected chi connectivity index (χ1v) is 9.26. The summed E-state index contributed by atoms with van der Waals surface area (Å²) < 4.78 is 36.9. The van der Waals surface area contributed by atoms with Crippen LogP contribution in [0.4, 0.5) is 5.69 Å². The van der Waals surface area contributed by atoms with E-state index in [1.54, 1.807) is 17.0 Å². The molecule has 1 aromatic heterocycles. The van der Waals surface area contributed by atoms with Crippen molar-refractivity contribution in [3.63, 3.8) is 0 Å². The lowest BCUT2D eigenvalue weighted by molar-refractivity contribution is 0.0932. The quantitative estimate of drug-likeness (QED) is 0.835.